The van der Waals surface area contributed by atoms with Crippen LogP contribution in [0.4, 0.5) is 0 Å². The van der Waals surface area contributed by atoms with E-state index in [4.69, 9.17) is 0 Å². The van der Waals surface area contributed by atoms with Crippen LogP contribution in [0.1, 0.15) is 55.7 Å². The van der Waals surface area contributed by atoms with E-state index in [0.717, 1.165) is 5.56 Å². The van der Waals surface area contributed by atoms with Crippen molar-refractivity contribution in [1.29, 1.82) is 0 Å². The molecule has 1 heteroatoms. The molecule has 1 nitrogen and oxygen atoms in total. The van der Waals surface area contributed by atoms with E-state index in [0.29, 0.717) is 11.7 Å². The summed E-state index contributed by atoms with van der Waals surface area (Å²) in [5.74, 6) is 0.975. The summed E-state index contributed by atoms with van der Waals surface area (Å²) in [6.45, 7) is 6.41. The van der Waals surface area contributed by atoms with Gasteiger partial charge in [-0.15, -0.1) is 0 Å². The smallest absolute Gasteiger partial charge is 0.118 e. The fraction of sp³-hybridized carbons (Fsp3) is 0.467. The van der Waals surface area contributed by atoms with Gasteiger partial charge < -0.3 is 5.11 Å². The molecular weight excluding hydrogens is 196 g/mol. The van der Waals surface area contributed by atoms with Crippen molar-refractivity contribution in [2.75, 3.05) is 0 Å². The van der Waals surface area contributed by atoms with Crippen LogP contribution in [0, 0.1) is 6.92 Å². The van der Waals surface area contributed by atoms with E-state index in [1.807, 2.05) is 13.0 Å². The number of benzene rings is 1. The lowest BCUT2D eigenvalue weighted by Gasteiger charge is -2.19. The highest BCUT2D eigenvalue weighted by atomic mass is 16.3. The molecule has 1 aromatic rings. The molecule has 0 saturated carbocycles. The second-order valence-corrected chi connectivity index (χ2v) is 5.05. The zero-order valence-electron chi connectivity index (χ0n) is 10.4. The number of hydrogen-bond donors (Lipinski definition) is 1. The summed E-state index contributed by atoms with van der Waals surface area (Å²) in [5.41, 5.74) is 5.00. The van der Waals surface area contributed by atoms with Gasteiger partial charge in [0.15, 0.2) is 0 Å². The summed E-state index contributed by atoms with van der Waals surface area (Å²) < 4.78 is 0. The Bertz CT molecular complexity index is 429. The van der Waals surface area contributed by atoms with Gasteiger partial charge in [-0.3, -0.25) is 0 Å². The van der Waals surface area contributed by atoms with Gasteiger partial charge in [0.1, 0.15) is 5.75 Å². The summed E-state index contributed by atoms with van der Waals surface area (Å²) in [4.78, 5) is 0. The van der Waals surface area contributed by atoms with E-state index in [-0.39, 0.29) is 0 Å². The van der Waals surface area contributed by atoms with Crippen LogP contribution in [0.3, 0.4) is 0 Å². The van der Waals surface area contributed by atoms with Crippen molar-refractivity contribution < 1.29 is 5.11 Å². The number of phenols is 1. The molecule has 1 N–H and O–H groups in total. The van der Waals surface area contributed by atoms with Crippen molar-refractivity contribution in [3.05, 3.63) is 34.4 Å². The molecular formula is C15H20O. The maximum absolute atomic E-state index is 9.80. The maximum atomic E-state index is 9.80. The molecule has 0 heterocycles. The largest absolute Gasteiger partial charge is 0.508 e. The highest BCUT2D eigenvalue weighted by molar-refractivity contribution is 5.61. The van der Waals surface area contributed by atoms with E-state index < -0.39 is 0 Å². The Morgan fingerprint density at radius 1 is 1.25 bits per heavy atom. The van der Waals surface area contributed by atoms with E-state index in [1.165, 1.54) is 36.0 Å². The van der Waals surface area contributed by atoms with Crippen molar-refractivity contribution in [1.82, 2.24) is 0 Å². The van der Waals surface area contributed by atoms with Gasteiger partial charge >= 0.3 is 0 Å². The first-order valence-corrected chi connectivity index (χ1v) is 6.08. The highest BCUT2D eigenvalue weighted by Crippen LogP contribution is 2.34. The predicted molar refractivity (Wildman–Crippen MR) is 68.8 cm³/mol. The van der Waals surface area contributed by atoms with Crippen LogP contribution in [-0.4, -0.2) is 5.11 Å². The molecule has 1 aliphatic rings. The van der Waals surface area contributed by atoms with Gasteiger partial charge in [0.25, 0.3) is 0 Å². The lowest BCUT2D eigenvalue weighted by Crippen LogP contribution is -2.01. The molecule has 1 aromatic carbocycles. The van der Waals surface area contributed by atoms with Crippen LogP contribution in [0.2, 0.25) is 0 Å². The SMILES string of the molecule is C/C1=C/c2cc(C)c(O)cc2C(C)CCC1. The topological polar surface area (TPSA) is 20.2 Å². The number of allylic oxidation sites excluding steroid dienone is 1. The Balaban J connectivity index is 2.57. The van der Waals surface area contributed by atoms with Gasteiger partial charge in [-0.25, -0.2) is 0 Å². The first-order chi connectivity index (χ1) is 7.58. The van der Waals surface area contributed by atoms with Crippen LogP contribution in [-0.2, 0) is 0 Å². The molecule has 0 saturated heterocycles. The minimum Gasteiger partial charge on any atom is -0.508 e. The van der Waals surface area contributed by atoms with Gasteiger partial charge in [-0.2, -0.15) is 0 Å². The van der Waals surface area contributed by atoms with Crippen molar-refractivity contribution in [3.8, 4) is 5.75 Å². The first kappa shape index (κ1) is 11.3. The van der Waals surface area contributed by atoms with Gasteiger partial charge in [-0.05, 0) is 67.9 Å². The Morgan fingerprint density at radius 3 is 2.75 bits per heavy atom. The van der Waals surface area contributed by atoms with E-state index >= 15 is 0 Å². The molecule has 0 bridgehead atoms. The zero-order valence-corrected chi connectivity index (χ0v) is 10.4. The Hall–Kier alpha value is -1.24. The molecule has 1 unspecified atom stereocenters. The molecule has 1 aliphatic carbocycles. The van der Waals surface area contributed by atoms with Crippen LogP contribution in [0.25, 0.3) is 6.08 Å². The van der Waals surface area contributed by atoms with Crippen molar-refractivity contribution in [3.63, 3.8) is 0 Å². The maximum Gasteiger partial charge on any atom is 0.118 e. The van der Waals surface area contributed by atoms with Crippen molar-refractivity contribution in [2.45, 2.75) is 46.0 Å². The first-order valence-electron chi connectivity index (χ1n) is 6.08. The Labute approximate surface area is 97.8 Å². The molecule has 0 aromatic heterocycles. The fourth-order valence-corrected chi connectivity index (χ4v) is 2.47. The fourth-order valence-electron chi connectivity index (χ4n) is 2.47. The quantitative estimate of drug-likeness (QED) is 0.682. The van der Waals surface area contributed by atoms with Gasteiger partial charge in [0.05, 0.1) is 0 Å². The van der Waals surface area contributed by atoms with Gasteiger partial charge in [0.2, 0.25) is 0 Å². The molecule has 2 rings (SSSR count). The minimum absolute atomic E-state index is 0.428. The van der Waals surface area contributed by atoms with Crippen LogP contribution in [0.5, 0.6) is 5.75 Å². The summed E-state index contributed by atoms with van der Waals surface area (Å²) >= 11 is 0. The summed E-state index contributed by atoms with van der Waals surface area (Å²) in [6, 6.07) is 4.06. The number of aryl methyl sites for hydroxylation is 1. The second-order valence-electron chi connectivity index (χ2n) is 5.05. The number of rotatable bonds is 0. The summed E-state index contributed by atoms with van der Waals surface area (Å²) in [6.07, 6.45) is 5.93. The van der Waals surface area contributed by atoms with E-state index in [2.05, 4.69) is 26.0 Å². The molecule has 0 amide bonds. The normalized spacial score (nSPS) is 23.9. The van der Waals surface area contributed by atoms with Crippen molar-refractivity contribution >= 4 is 6.08 Å². The second kappa shape index (κ2) is 4.32. The van der Waals surface area contributed by atoms with Gasteiger partial charge in [0, 0.05) is 0 Å². The average Bonchev–Trinajstić information content (AvgIpc) is 2.21. The number of fused-ring (bicyclic) bond motifs is 1. The third-order valence-corrected chi connectivity index (χ3v) is 3.54. The van der Waals surface area contributed by atoms with E-state index in [1.54, 1.807) is 0 Å². The Morgan fingerprint density at radius 2 is 2.00 bits per heavy atom. The summed E-state index contributed by atoms with van der Waals surface area (Å²) in [5, 5.41) is 9.80. The van der Waals surface area contributed by atoms with Crippen LogP contribution >= 0.6 is 0 Å². The number of hydrogen-bond acceptors (Lipinski definition) is 1. The molecule has 0 fully saturated rings. The Kier molecular flexibility index (Phi) is 3.04. The zero-order chi connectivity index (χ0) is 11.7. The standard InChI is InChI=1S/C15H20O/c1-10-5-4-6-11(2)14-9-15(16)12(3)8-13(14)7-10/h7-9,11,16H,4-6H2,1-3H3/b10-7-. The molecule has 0 radical (unpaired) electrons. The molecule has 16 heavy (non-hydrogen) atoms. The third-order valence-electron chi connectivity index (χ3n) is 3.54. The molecule has 0 spiro atoms. The minimum atomic E-state index is 0.428. The number of phenolic OH excluding ortho intramolecular Hbond substituents is 1. The monoisotopic (exact) mass is 216 g/mol. The average molecular weight is 216 g/mol. The molecule has 1 atom stereocenters. The van der Waals surface area contributed by atoms with Crippen molar-refractivity contribution in [2.24, 2.45) is 0 Å². The molecule has 0 aliphatic heterocycles. The van der Waals surface area contributed by atoms with Crippen LogP contribution in [0.15, 0.2) is 17.7 Å². The number of aromatic hydroxyl groups is 1. The lowest BCUT2D eigenvalue weighted by molar-refractivity contribution is 0.469. The van der Waals surface area contributed by atoms with E-state index in [9.17, 15) is 5.11 Å². The third kappa shape index (κ3) is 2.13. The predicted octanol–water partition coefficient (Wildman–Crippen LogP) is 4.39. The molecule has 86 valence electrons. The van der Waals surface area contributed by atoms with Gasteiger partial charge in [-0.1, -0.05) is 18.6 Å². The summed E-state index contributed by atoms with van der Waals surface area (Å²) in [7, 11) is 0. The highest BCUT2D eigenvalue weighted by Gasteiger charge is 2.14. The lowest BCUT2D eigenvalue weighted by atomic mass is 9.86. The van der Waals surface area contributed by atoms with Crippen LogP contribution < -0.4 is 0 Å².